The normalized spacial score (nSPS) is 11.1. The number of fused-ring (bicyclic) bond motifs is 2. The summed E-state index contributed by atoms with van der Waals surface area (Å²) in [6.45, 7) is 2.04. The smallest absolute Gasteiger partial charge is 0.182 e. The molecule has 3 aromatic heterocycles. The number of nitriles is 1. The number of nitrogens with one attached hydrogen (secondary N) is 1. The van der Waals surface area contributed by atoms with E-state index in [2.05, 4.69) is 15.1 Å². The van der Waals surface area contributed by atoms with Crippen molar-refractivity contribution in [3.63, 3.8) is 0 Å². The monoisotopic (exact) mass is 335 g/mol. The van der Waals surface area contributed by atoms with Gasteiger partial charge in [0.2, 0.25) is 0 Å². The summed E-state index contributed by atoms with van der Waals surface area (Å²) in [6.07, 6.45) is 3.60. The van der Waals surface area contributed by atoms with Crippen molar-refractivity contribution < 1.29 is 9.13 Å². The number of hydrogen-bond donors (Lipinski definition) is 1. The van der Waals surface area contributed by atoms with Gasteiger partial charge in [0.15, 0.2) is 17.2 Å². The van der Waals surface area contributed by atoms with E-state index < -0.39 is 0 Å². The van der Waals surface area contributed by atoms with Crippen molar-refractivity contribution in [2.24, 2.45) is 0 Å². The molecule has 0 spiro atoms. The van der Waals surface area contributed by atoms with Crippen LogP contribution in [0.15, 0.2) is 30.6 Å². The summed E-state index contributed by atoms with van der Waals surface area (Å²) < 4.78 is 21.7. The number of aromatic nitrogens is 4. The van der Waals surface area contributed by atoms with Gasteiger partial charge in [-0.1, -0.05) is 0 Å². The molecule has 1 N–H and O–H groups in total. The lowest BCUT2D eigenvalue weighted by Crippen LogP contribution is -2.06. The first-order valence-electron chi connectivity index (χ1n) is 7.68. The Balaban J connectivity index is 1.87. The van der Waals surface area contributed by atoms with Gasteiger partial charge in [-0.3, -0.25) is 4.68 Å². The summed E-state index contributed by atoms with van der Waals surface area (Å²) in [5.74, 6) is -0.163. The molecule has 4 rings (SSSR count). The number of halogens is 1. The second kappa shape index (κ2) is 5.60. The molecule has 25 heavy (non-hydrogen) atoms. The van der Waals surface area contributed by atoms with Gasteiger partial charge in [-0.2, -0.15) is 10.4 Å². The molecule has 0 aliphatic heterocycles. The number of nitrogens with zero attached hydrogens (tertiary/aromatic N) is 4. The number of aryl methyl sites for hydroxylation is 1. The second-order valence-electron chi connectivity index (χ2n) is 5.76. The fraction of sp³-hybridized carbons (Fsp3) is 0.167. The highest BCUT2D eigenvalue weighted by molar-refractivity contribution is 5.88. The number of ether oxygens (including phenoxy) is 1. The molecule has 0 aliphatic carbocycles. The van der Waals surface area contributed by atoms with E-state index in [1.54, 1.807) is 29.9 Å². The quantitative estimate of drug-likeness (QED) is 0.623. The van der Waals surface area contributed by atoms with E-state index in [0.717, 1.165) is 16.3 Å². The number of pyridine rings is 1. The number of benzene rings is 1. The van der Waals surface area contributed by atoms with Crippen LogP contribution in [0.1, 0.15) is 16.8 Å². The molecule has 0 unspecified atom stereocenters. The third-order valence-electron chi connectivity index (χ3n) is 4.31. The Bertz CT molecular complexity index is 1150. The van der Waals surface area contributed by atoms with E-state index in [0.29, 0.717) is 29.0 Å². The molecule has 3 heterocycles. The molecule has 0 radical (unpaired) electrons. The third kappa shape index (κ3) is 2.31. The molecule has 7 heteroatoms. The highest BCUT2D eigenvalue weighted by Crippen LogP contribution is 2.34. The predicted molar refractivity (Wildman–Crippen MR) is 90.9 cm³/mol. The predicted octanol–water partition coefficient (Wildman–Crippen LogP) is 3.29. The number of hydrogen-bond acceptors (Lipinski definition) is 4. The largest absolute Gasteiger partial charge is 0.493 e. The highest BCUT2D eigenvalue weighted by Gasteiger charge is 2.19. The molecule has 0 aliphatic rings. The SMILES string of the molecule is COc1c(F)c(C)c2[nH]ccc2c1Cn1cc2ccc(C#N)nc2n1. The Labute approximate surface area is 142 Å². The molecule has 6 nitrogen and oxygen atoms in total. The maximum Gasteiger partial charge on any atom is 0.182 e. The van der Waals surface area contributed by atoms with Gasteiger partial charge in [-0.05, 0) is 25.1 Å². The number of rotatable bonds is 3. The first-order chi connectivity index (χ1) is 12.1. The molecule has 0 saturated heterocycles. The molecule has 0 fully saturated rings. The van der Waals surface area contributed by atoms with Crippen molar-refractivity contribution >= 4 is 21.9 Å². The van der Waals surface area contributed by atoms with E-state index >= 15 is 0 Å². The van der Waals surface area contributed by atoms with Gasteiger partial charge < -0.3 is 9.72 Å². The van der Waals surface area contributed by atoms with Crippen LogP contribution in [-0.4, -0.2) is 26.9 Å². The van der Waals surface area contributed by atoms with E-state index in [1.165, 1.54) is 7.11 Å². The minimum absolute atomic E-state index is 0.217. The molecule has 0 bridgehead atoms. The highest BCUT2D eigenvalue weighted by atomic mass is 19.1. The minimum atomic E-state index is -0.381. The van der Waals surface area contributed by atoms with Crippen molar-refractivity contribution in [1.29, 1.82) is 5.26 Å². The van der Waals surface area contributed by atoms with E-state index in [-0.39, 0.29) is 11.6 Å². The Morgan fingerprint density at radius 1 is 1.36 bits per heavy atom. The van der Waals surface area contributed by atoms with Crippen LogP contribution >= 0.6 is 0 Å². The number of methoxy groups -OCH3 is 1. The molecule has 1 aromatic carbocycles. The summed E-state index contributed by atoms with van der Waals surface area (Å²) in [7, 11) is 1.46. The summed E-state index contributed by atoms with van der Waals surface area (Å²) in [6, 6.07) is 7.33. The van der Waals surface area contributed by atoms with Crippen LogP contribution in [0.25, 0.3) is 21.9 Å². The van der Waals surface area contributed by atoms with Crippen LogP contribution in [0.5, 0.6) is 5.75 Å². The van der Waals surface area contributed by atoms with Crippen molar-refractivity contribution in [3.8, 4) is 11.8 Å². The minimum Gasteiger partial charge on any atom is -0.493 e. The van der Waals surface area contributed by atoms with Crippen LogP contribution in [-0.2, 0) is 6.54 Å². The summed E-state index contributed by atoms with van der Waals surface area (Å²) in [5, 5.41) is 15.1. The lowest BCUT2D eigenvalue weighted by atomic mass is 10.0. The van der Waals surface area contributed by atoms with Crippen LogP contribution in [0.4, 0.5) is 4.39 Å². The van der Waals surface area contributed by atoms with E-state index in [9.17, 15) is 4.39 Å². The fourth-order valence-corrected chi connectivity index (χ4v) is 3.09. The lowest BCUT2D eigenvalue weighted by molar-refractivity contribution is 0.379. The standard InChI is InChI=1S/C18H14FN5O/c1-10-15(19)17(25-2)14(13-5-6-21-16(10)13)9-24-8-11-3-4-12(7-20)22-18(11)23-24/h3-6,8,21H,9H2,1-2H3. The van der Waals surface area contributed by atoms with Gasteiger partial charge in [-0.15, -0.1) is 0 Å². The lowest BCUT2D eigenvalue weighted by Gasteiger charge is -2.13. The molecule has 0 atom stereocenters. The molecular weight excluding hydrogens is 321 g/mol. The zero-order valence-electron chi connectivity index (χ0n) is 13.7. The van der Waals surface area contributed by atoms with E-state index in [1.807, 2.05) is 18.3 Å². The third-order valence-corrected chi connectivity index (χ3v) is 4.31. The zero-order chi connectivity index (χ0) is 17.6. The number of H-pyrrole nitrogens is 1. The van der Waals surface area contributed by atoms with Gasteiger partial charge >= 0.3 is 0 Å². The van der Waals surface area contributed by atoms with Crippen LogP contribution in [0.3, 0.4) is 0 Å². The first-order valence-corrected chi connectivity index (χ1v) is 7.68. The first kappa shape index (κ1) is 15.1. The van der Waals surface area contributed by atoms with Crippen molar-refractivity contribution in [2.75, 3.05) is 7.11 Å². The van der Waals surface area contributed by atoms with Gasteiger partial charge in [0.05, 0.1) is 19.2 Å². The molecule has 0 saturated carbocycles. The van der Waals surface area contributed by atoms with Crippen LogP contribution < -0.4 is 4.74 Å². The molecule has 4 aromatic rings. The fourth-order valence-electron chi connectivity index (χ4n) is 3.09. The summed E-state index contributed by atoms with van der Waals surface area (Å²) in [5.41, 5.74) is 2.76. The molecular formula is C18H14FN5O. The van der Waals surface area contributed by atoms with Gasteiger partial charge in [0.1, 0.15) is 11.8 Å². The van der Waals surface area contributed by atoms with Gasteiger partial charge in [0, 0.05) is 34.3 Å². The average molecular weight is 335 g/mol. The van der Waals surface area contributed by atoms with Crippen molar-refractivity contribution in [2.45, 2.75) is 13.5 Å². The zero-order valence-corrected chi connectivity index (χ0v) is 13.7. The topological polar surface area (TPSA) is 79.5 Å². The summed E-state index contributed by atoms with van der Waals surface area (Å²) in [4.78, 5) is 7.25. The Morgan fingerprint density at radius 3 is 2.96 bits per heavy atom. The van der Waals surface area contributed by atoms with Crippen molar-refractivity contribution in [3.05, 3.63) is 53.2 Å². The maximum atomic E-state index is 14.7. The van der Waals surface area contributed by atoms with Gasteiger partial charge in [0.25, 0.3) is 0 Å². The van der Waals surface area contributed by atoms with Crippen molar-refractivity contribution in [1.82, 2.24) is 19.7 Å². The van der Waals surface area contributed by atoms with Gasteiger partial charge in [-0.25, -0.2) is 9.37 Å². The Morgan fingerprint density at radius 2 is 2.20 bits per heavy atom. The average Bonchev–Trinajstić information content (AvgIpc) is 3.25. The Kier molecular flexibility index (Phi) is 3.39. The van der Waals surface area contributed by atoms with E-state index in [4.69, 9.17) is 10.00 Å². The number of aromatic amines is 1. The molecule has 124 valence electrons. The maximum absolute atomic E-state index is 14.7. The summed E-state index contributed by atoms with van der Waals surface area (Å²) >= 11 is 0. The van der Waals surface area contributed by atoms with Crippen LogP contribution in [0, 0.1) is 24.1 Å². The molecule has 0 amide bonds. The second-order valence-corrected chi connectivity index (χ2v) is 5.76. The Hall–Kier alpha value is -3.40. The van der Waals surface area contributed by atoms with Crippen LogP contribution in [0.2, 0.25) is 0 Å².